The van der Waals surface area contributed by atoms with Crippen LogP contribution in [-0.2, 0) is 38.1 Å². The fourth-order valence-corrected chi connectivity index (χ4v) is 4.38. The van der Waals surface area contributed by atoms with Crippen molar-refractivity contribution in [3.63, 3.8) is 0 Å². The highest BCUT2D eigenvalue weighted by atomic mass is 19.1. The molecule has 0 aliphatic carbocycles. The van der Waals surface area contributed by atoms with E-state index in [1.165, 1.54) is 0 Å². The van der Waals surface area contributed by atoms with Gasteiger partial charge in [0.05, 0.1) is 7.11 Å². The minimum atomic E-state index is -2.83. The lowest BCUT2D eigenvalue weighted by molar-refractivity contribution is -0.219. The van der Waals surface area contributed by atoms with Gasteiger partial charge in [-0.3, -0.25) is 9.59 Å². The summed E-state index contributed by atoms with van der Waals surface area (Å²) in [5.74, 6) is -4.13. The van der Waals surface area contributed by atoms with Crippen molar-refractivity contribution in [3.8, 4) is 0 Å². The van der Waals surface area contributed by atoms with Gasteiger partial charge in [-0.25, -0.2) is 14.0 Å². The highest BCUT2D eigenvalue weighted by molar-refractivity contribution is 5.91. The Morgan fingerprint density at radius 1 is 1.03 bits per heavy atom. The number of nitrogens with one attached hydrogen (secondary N) is 3. The second-order valence-corrected chi connectivity index (χ2v) is 12.1. The molecule has 13 heteroatoms. The first-order chi connectivity index (χ1) is 17.8. The first-order valence-corrected chi connectivity index (χ1v) is 13.2. The predicted octanol–water partition coefficient (Wildman–Crippen LogP) is 1.94. The first-order valence-electron chi connectivity index (χ1n) is 13.2. The Bertz CT molecular complexity index is 921. The van der Waals surface area contributed by atoms with Crippen molar-refractivity contribution in [1.29, 1.82) is 0 Å². The maximum atomic E-state index is 16.8. The van der Waals surface area contributed by atoms with E-state index in [0.717, 1.165) is 7.11 Å². The molecule has 3 N–H and O–H groups in total. The number of hydrogen-bond donors (Lipinski definition) is 3. The van der Waals surface area contributed by atoms with Gasteiger partial charge in [-0.05, 0) is 52.9 Å². The number of alkyl halides is 1. The van der Waals surface area contributed by atoms with Crippen LogP contribution in [0.1, 0.15) is 68.7 Å². The molecule has 3 amide bonds. The third-order valence-electron chi connectivity index (χ3n) is 6.17. The smallest absolute Gasteiger partial charge is 0.408 e. The van der Waals surface area contributed by atoms with Crippen LogP contribution in [0.25, 0.3) is 0 Å². The van der Waals surface area contributed by atoms with Gasteiger partial charge >= 0.3 is 12.1 Å². The summed E-state index contributed by atoms with van der Waals surface area (Å²) in [6.45, 7) is 14.8. The molecule has 2 aliphatic heterocycles. The second-order valence-electron chi connectivity index (χ2n) is 12.1. The van der Waals surface area contributed by atoms with Crippen LogP contribution < -0.4 is 16.0 Å². The zero-order valence-electron chi connectivity index (χ0n) is 24.5. The first kappa shape index (κ1) is 32.7. The van der Waals surface area contributed by atoms with Crippen LogP contribution in [0.5, 0.6) is 0 Å². The van der Waals surface area contributed by atoms with Gasteiger partial charge in [0, 0.05) is 6.54 Å². The number of ether oxygens (including phenoxy) is 5. The van der Waals surface area contributed by atoms with Crippen molar-refractivity contribution < 1.29 is 47.3 Å². The normalized spacial score (nSPS) is 27.5. The van der Waals surface area contributed by atoms with Gasteiger partial charge in [0.1, 0.15) is 23.8 Å². The molecule has 0 bridgehead atoms. The van der Waals surface area contributed by atoms with Crippen LogP contribution in [0.4, 0.5) is 9.18 Å². The largest absolute Gasteiger partial charge is 0.467 e. The van der Waals surface area contributed by atoms with E-state index in [4.69, 9.17) is 23.7 Å². The summed E-state index contributed by atoms with van der Waals surface area (Å²) in [6.07, 6.45) is -4.73. The molecule has 2 heterocycles. The molecule has 6 atom stereocenters. The topological polar surface area (TPSA) is 151 Å². The minimum absolute atomic E-state index is 0.0270. The second kappa shape index (κ2) is 12.3. The van der Waals surface area contributed by atoms with E-state index in [2.05, 4.69) is 16.0 Å². The molecule has 2 fully saturated rings. The zero-order valence-corrected chi connectivity index (χ0v) is 24.5. The van der Waals surface area contributed by atoms with Gasteiger partial charge in [0.2, 0.25) is 11.6 Å². The Morgan fingerprint density at radius 2 is 1.64 bits per heavy atom. The molecule has 39 heavy (non-hydrogen) atoms. The van der Waals surface area contributed by atoms with Crippen LogP contribution in [0, 0.1) is 11.8 Å². The summed E-state index contributed by atoms with van der Waals surface area (Å²) in [7, 11) is 1.16. The summed E-state index contributed by atoms with van der Waals surface area (Å²) in [5.41, 5.74) is -3.61. The zero-order chi connectivity index (χ0) is 29.9. The van der Waals surface area contributed by atoms with E-state index < -0.39 is 84.0 Å². The highest BCUT2D eigenvalue weighted by Gasteiger charge is 2.68. The summed E-state index contributed by atoms with van der Waals surface area (Å²) < 4.78 is 43.8. The van der Waals surface area contributed by atoms with E-state index in [1.54, 1.807) is 48.5 Å². The van der Waals surface area contributed by atoms with Gasteiger partial charge in [-0.15, -0.1) is 0 Å². The minimum Gasteiger partial charge on any atom is -0.467 e. The van der Waals surface area contributed by atoms with Crippen LogP contribution in [0.3, 0.4) is 0 Å². The van der Waals surface area contributed by atoms with E-state index in [1.807, 2.05) is 13.8 Å². The van der Waals surface area contributed by atoms with Gasteiger partial charge in [-0.1, -0.05) is 27.7 Å². The van der Waals surface area contributed by atoms with Crippen molar-refractivity contribution in [3.05, 3.63) is 0 Å². The average molecular weight is 562 g/mol. The standard InChI is InChI=1S/C26H44FN3O9/c1-13(2)11-15(29-23(34)39-24(5,6)7)19(31)28-12-16-26(27,18-21(36-16)38-25(8,9)37-18)22(33)30-17(14(3)4)20(32)35-10/h13-18,21H,11-12H2,1-10H3,(H,28,31)(H,29,34)(H,30,33)/t15-,16+,17-,18-,21+,26-/m0/s1. The number of methoxy groups -OCH3 is 1. The fraction of sp³-hybridized carbons (Fsp3) is 0.846. The lowest BCUT2D eigenvalue weighted by Gasteiger charge is -2.32. The molecule has 224 valence electrons. The molecule has 0 radical (unpaired) electrons. The number of halogens is 1. The number of carbonyl (C=O) groups excluding carboxylic acids is 4. The monoisotopic (exact) mass is 561 g/mol. The Balaban J connectivity index is 2.24. The molecule has 2 saturated heterocycles. The molecular formula is C26H44FN3O9. The lowest BCUT2D eigenvalue weighted by Crippen LogP contribution is -2.62. The van der Waals surface area contributed by atoms with E-state index in [0.29, 0.717) is 0 Å². The Kier molecular flexibility index (Phi) is 10.3. The van der Waals surface area contributed by atoms with Crippen LogP contribution in [0.15, 0.2) is 0 Å². The van der Waals surface area contributed by atoms with Crippen LogP contribution >= 0.6 is 0 Å². The third kappa shape index (κ3) is 8.24. The number of fused-ring (bicyclic) bond motifs is 1. The summed E-state index contributed by atoms with van der Waals surface area (Å²) in [4.78, 5) is 51.0. The van der Waals surface area contributed by atoms with Crippen LogP contribution in [0.2, 0.25) is 0 Å². The SMILES string of the molecule is COC(=O)[C@@H](NC(=O)[C@]1(F)[C@@H](CNC(=O)[C@H](CC(C)C)NC(=O)OC(C)(C)C)O[C@@H]2OC(C)(C)O[C@@H]21)C(C)C. The van der Waals surface area contributed by atoms with E-state index in [-0.39, 0.29) is 12.3 Å². The molecule has 0 aromatic heterocycles. The Labute approximate surface area is 229 Å². The maximum Gasteiger partial charge on any atom is 0.408 e. The molecule has 12 nitrogen and oxygen atoms in total. The summed E-state index contributed by atoms with van der Waals surface area (Å²) in [5, 5.41) is 7.53. The molecule has 0 spiro atoms. The van der Waals surface area contributed by atoms with Crippen LogP contribution in [-0.4, -0.2) is 85.2 Å². The van der Waals surface area contributed by atoms with Crippen molar-refractivity contribution in [2.75, 3.05) is 13.7 Å². The van der Waals surface area contributed by atoms with E-state index >= 15 is 4.39 Å². The molecule has 2 aliphatic rings. The summed E-state index contributed by atoms with van der Waals surface area (Å²) in [6, 6.07) is -2.12. The third-order valence-corrected chi connectivity index (χ3v) is 6.17. The molecule has 2 rings (SSSR count). The predicted molar refractivity (Wildman–Crippen MR) is 137 cm³/mol. The average Bonchev–Trinajstić information content (AvgIpc) is 3.23. The number of hydrogen-bond acceptors (Lipinski definition) is 9. The van der Waals surface area contributed by atoms with Crippen molar-refractivity contribution in [2.45, 2.75) is 116 Å². The van der Waals surface area contributed by atoms with E-state index in [9.17, 15) is 19.2 Å². The summed E-state index contributed by atoms with van der Waals surface area (Å²) >= 11 is 0. The Morgan fingerprint density at radius 3 is 2.15 bits per heavy atom. The quantitative estimate of drug-likeness (QED) is 0.340. The highest BCUT2D eigenvalue weighted by Crippen LogP contribution is 2.45. The molecular weight excluding hydrogens is 517 g/mol. The maximum absolute atomic E-state index is 16.8. The number of amides is 3. The molecule has 0 unspecified atom stereocenters. The molecule has 0 aromatic carbocycles. The Hall–Kier alpha value is -2.51. The number of esters is 1. The molecule has 0 aromatic rings. The number of rotatable bonds is 10. The van der Waals surface area contributed by atoms with Gasteiger partial charge in [0.25, 0.3) is 5.91 Å². The van der Waals surface area contributed by atoms with Gasteiger partial charge in [-0.2, -0.15) is 0 Å². The fourth-order valence-electron chi connectivity index (χ4n) is 4.38. The van der Waals surface area contributed by atoms with Gasteiger partial charge < -0.3 is 39.6 Å². The van der Waals surface area contributed by atoms with Gasteiger partial charge in [0.15, 0.2) is 18.2 Å². The molecule has 0 saturated carbocycles. The lowest BCUT2D eigenvalue weighted by atomic mass is 9.91. The van der Waals surface area contributed by atoms with Crippen molar-refractivity contribution in [1.82, 2.24) is 16.0 Å². The number of alkyl carbamates (subject to hydrolysis) is 1. The number of carbonyl (C=O) groups is 4. The van der Waals surface area contributed by atoms with Crippen molar-refractivity contribution >= 4 is 23.9 Å². The van der Waals surface area contributed by atoms with Crippen molar-refractivity contribution in [2.24, 2.45) is 11.8 Å².